The second kappa shape index (κ2) is 8.46. The van der Waals surface area contributed by atoms with E-state index in [2.05, 4.69) is 10.3 Å². The van der Waals surface area contributed by atoms with Gasteiger partial charge in [0.25, 0.3) is 0 Å². The Morgan fingerprint density at radius 2 is 1.92 bits per heavy atom. The van der Waals surface area contributed by atoms with Crippen LogP contribution in [0, 0.1) is 5.92 Å². The number of anilines is 1. The van der Waals surface area contributed by atoms with Crippen molar-refractivity contribution >= 4 is 34.8 Å². The van der Waals surface area contributed by atoms with Gasteiger partial charge in [0.1, 0.15) is 0 Å². The highest BCUT2D eigenvalue weighted by atomic mass is 35.5. The maximum Gasteiger partial charge on any atom is 1.00 e. The zero-order valence-electron chi connectivity index (χ0n) is 15.4. The summed E-state index contributed by atoms with van der Waals surface area (Å²) in [5.41, 5.74) is 13.4. The van der Waals surface area contributed by atoms with Crippen LogP contribution < -0.4 is 16.8 Å². The predicted molar refractivity (Wildman–Crippen MR) is 104 cm³/mol. The molecule has 130 valence electrons. The summed E-state index contributed by atoms with van der Waals surface area (Å²) in [6.45, 7) is 0.801. The summed E-state index contributed by atoms with van der Waals surface area (Å²) in [6, 6.07) is 7.72. The number of carbonyl (C=O) groups excluding carboxylic acids is 1. The van der Waals surface area contributed by atoms with Gasteiger partial charge in [0, 0.05) is 22.5 Å². The third kappa shape index (κ3) is 4.47. The smallest absolute Gasteiger partial charge is 0.366 e. The molecule has 1 fully saturated rings. The highest BCUT2D eigenvalue weighted by molar-refractivity contribution is 7.14. The van der Waals surface area contributed by atoms with Crippen molar-refractivity contribution in [1.29, 1.82) is 0 Å². The molecule has 0 saturated heterocycles. The molecule has 3 rings (SSSR count). The van der Waals surface area contributed by atoms with E-state index >= 15 is 0 Å². The van der Waals surface area contributed by atoms with Crippen LogP contribution in [0.1, 0.15) is 38.9 Å². The van der Waals surface area contributed by atoms with Crippen molar-refractivity contribution in [3.05, 3.63) is 35.2 Å². The predicted octanol–water partition coefficient (Wildman–Crippen LogP) is 3.49. The number of aromatic nitrogens is 1. The van der Waals surface area contributed by atoms with Gasteiger partial charge in [-0.3, -0.25) is 4.79 Å². The number of nitrogens with zero attached hydrogens (tertiary/aromatic N) is 1. The van der Waals surface area contributed by atoms with E-state index in [1.54, 1.807) is 23.5 Å². The van der Waals surface area contributed by atoms with Gasteiger partial charge in [0.2, 0.25) is 5.91 Å². The average molecular weight is 369 g/mol. The molecule has 0 radical (unpaired) electrons. The standard InChI is InChI=1S/C17H22N4OS.ClH/c18-9-11-1-7-14(8-2-11)20-17-21-15(10-23-17)12-3-5-13(6-4-12)16(19)22;/h3-6,10-11,14H,1-2,7-9,18H2,(H2,19,22)(H,20,21);1H/p+2. The molecule has 1 saturated carbocycles. The van der Waals surface area contributed by atoms with Crippen LogP contribution in [0.2, 0.25) is 0 Å². The molecule has 1 amide bonds. The zero-order chi connectivity index (χ0) is 16.2. The molecule has 0 bridgehead atoms. The number of carbonyl (C=O) groups is 1. The highest BCUT2D eigenvalue weighted by Crippen LogP contribution is 2.29. The number of benzene rings is 1. The Morgan fingerprint density at radius 3 is 2.50 bits per heavy atom. The van der Waals surface area contributed by atoms with Crippen LogP contribution >= 0.6 is 23.7 Å². The van der Waals surface area contributed by atoms with Crippen LogP contribution in [0.5, 0.6) is 0 Å². The van der Waals surface area contributed by atoms with Crippen molar-refractivity contribution in [2.45, 2.75) is 31.7 Å². The van der Waals surface area contributed by atoms with Gasteiger partial charge < -0.3 is 16.8 Å². The first-order valence-corrected chi connectivity index (χ1v) is 8.86. The summed E-state index contributed by atoms with van der Waals surface area (Å²) in [6.07, 6.45) is 4.70. The molecule has 1 aliphatic rings. The number of hydrogen-bond acceptors (Lipinski definition) is 5. The van der Waals surface area contributed by atoms with Crippen molar-refractivity contribution in [3.63, 3.8) is 0 Å². The molecule has 0 spiro atoms. The zero-order valence-corrected chi connectivity index (χ0v) is 15.0. The van der Waals surface area contributed by atoms with Crippen molar-refractivity contribution < 1.29 is 7.65 Å². The van der Waals surface area contributed by atoms with E-state index in [0.717, 1.165) is 35.8 Å². The van der Waals surface area contributed by atoms with Gasteiger partial charge in [-0.05, 0) is 50.3 Å². The first-order valence-electron chi connectivity index (χ1n) is 7.98. The first kappa shape index (κ1) is 18.7. The number of nitrogens with two attached hydrogens (primary N) is 2. The Labute approximate surface area is 155 Å². The number of primary amides is 1. The highest BCUT2D eigenvalue weighted by Gasteiger charge is 2.20. The number of nitrogens with one attached hydrogen (secondary N) is 1. The molecule has 1 aromatic carbocycles. The van der Waals surface area contributed by atoms with E-state index in [-0.39, 0.29) is 15.3 Å². The summed E-state index contributed by atoms with van der Waals surface area (Å²) in [5.74, 6) is 0.272. The lowest BCUT2D eigenvalue weighted by Gasteiger charge is -2.28. The second-order valence-corrected chi connectivity index (χ2v) is 6.94. The topological polar surface area (TPSA) is 94.0 Å². The number of halogens is 1. The third-order valence-corrected chi connectivity index (χ3v) is 5.25. The average Bonchev–Trinajstić information content (AvgIpc) is 3.04. The van der Waals surface area contributed by atoms with E-state index < -0.39 is 5.91 Å². The molecule has 24 heavy (non-hydrogen) atoms. The fourth-order valence-corrected chi connectivity index (χ4v) is 3.79. The number of rotatable bonds is 5. The van der Waals surface area contributed by atoms with Crippen LogP contribution in [0.25, 0.3) is 11.3 Å². The van der Waals surface area contributed by atoms with Crippen molar-refractivity contribution in [2.24, 2.45) is 17.4 Å². The molecule has 1 aliphatic carbocycles. The van der Waals surface area contributed by atoms with Crippen molar-refractivity contribution in [3.8, 4) is 11.3 Å². The summed E-state index contributed by atoms with van der Waals surface area (Å²) in [5, 5.41) is 6.53. The first-order chi connectivity index (χ1) is 11.2. The maximum atomic E-state index is 11.1. The van der Waals surface area contributed by atoms with Gasteiger partial charge in [0.05, 0.1) is 5.69 Å². The SMILES string of the molecule is Cl.NCC1CCC(Nc2nc(-c3ccc(C(N)=O)cc3)cs2)CC1.[H+].[H+]. The molecule has 5 N–H and O–H groups in total. The molecule has 0 unspecified atom stereocenters. The Morgan fingerprint density at radius 1 is 1.25 bits per heavy atom. The Bertz CT molecular complexity index is 676. The minimum absolute atomic E-state index is 0. The molecule has 1 heterocycles. The lowest BCUT2D eigenvalue weighted by Crippen LogP contribution is -2.29. The summed E-state index contributed by atoms with van der Waals surface area (Å²) in [4.78, 5) is 15.8. The molecule has 1 aromatic heterocycles. The number of amides is 1. The lowest BCUT2D eigenvalue weighted by molar-refractivity contribution is 0.100. The van der Waals surface area contributed by atoms with Crippen molar-refractivity contribution in [2.75, 3.05) is 11.9 Å². The Kier molecular flexibility index (Phi) is 6.60. The van der Waals surface area contributed by atoms with Crippen LogP contribution in [0.15, 0.2) is 29.6 Å². The second-order valence-electron chi connectivity index (χ2n) is 6.08. The van der Waals surface area contributed by atoms with E-state index in [1.807, 2.05) is 17.5 Å². The van der Waals surface area contributed by atoms with Crippen molar-refractivity contribution in [1.82, 2.24) is 4.98 Å². The minimum Gasteiger partial charge on any atom is -0.366 e. The third-order valence-electron chi connectivity index (χ3n) is 4.48. The van der Waals surface area contributed by atoms with E-state index in [1.165, 1.54) is 12.8 Å². The van der Waals surface area contributed by atoms with Crippen LogP contribution in [0.3, 0.4) is 0 Å². The summed E-state index contributed by atoms with van der Waals surface area (Å²) < 4.78 is 0. The quantitative estimate of drug-likeness (QED) is 0.752. The van der Waals surface area contributed by atoms with Crippen LogP contribution in [-0.2, 0) is 0 Å². The number of hydrogen-bond donors (Lipinski definition) is 3. The summed E-state index contributed by atoms with van der Waals surface area (Å²) in [7, 11) is 0. The van der Waals surface area contributed by atoms with Gasteiger partial charge in [-0.25, -0.2) is 4.98 Å². The molecule has 0 atom stereocenters. The largest absolute Gasteiger partial charge is 1.00 e. The fourth-order valence-electron chi connectivity index (χ4n) is 2.99. The van der Waals surface area contributed by atoms with E-state index in [0.29, 0.717) is 17.5 Å². The molecule has 7 heteroatoms. The summed E-state index contributed by atoms with van der Waals surface area (Å²) >= 11 is 1.62. The van der Waals surface area contributed by atoms with Gasteiger partial charge in [0.15, 0.2) is 5.13 Å². The lowest BCUT2D eigenvalue weighted by atomic mass is 9.86. The molecular weight excluding hydrogens is 344 g/mol. The van der Waals surface area contributed by atoms with Gasteiger partial charge >= 0.3 is 2.85 Å². The van der Waals surface area contributed by atoms with Gasteiger partial charge in [-0.1, -0.05) is 12.1 Å². The van der Waals surface area contributed by atoms with Gasteiger partial charge in [-0.15, -0.1) is 23.7 Å². The minimum atomic E-state index is -0.412. The number of thiazole rings is 1. The molecule has 2 aromatic rings. The maximum absolute atomic E-state index is 11.1. The normalized spacial score (nSPS) is 20.2. The monoisotopic (exact) mass is 368 g/mol. The van der Waals surface area contributed by atoms with E-state index in [9.17, 15) is 4.79 Å². The molecule has 5 nitrogen and oxygen atoms in total. The molecular formula is C17H25ClN4OS+2. The Hall–Kier alpha value is -1.63. The van der Waals surface area contributed by atoms with Crippen LogP contribution in [-0.4, -0.2) is 23.5 Å². The molecule has 0 aliphatic heterocycles. The van der Waals surface area contributed by atoms with Gasteiger partial charge in [-0.2, -0.15) is 0 Å². The van der Waals surface area contributed by atoms with Crippen LogP contribution in [0.4, 0.5) is 5.13 Å². The Balaban J connectivity index is 0.00000208. The van der Waals surface area contributed by atoms with E-state index in [4.69, 9.17) is 11.5 Å². The fraction of sp³-hybridized carbons (Fsp3) is 0.412.